The predicted molar refractivity (Wildman–Crippen MR) is 67.3 cm³/mol. The molecule has 2 fully saturated rings. The number of hydrogen-bond donors (Lipinski definition) is 2. The van der Waals surface area contributed by atoms with E-state index >= 15 is 0 Å². The third kappa shape index (κ3) is 2.94. The number of carboxylic acids is 1. The van der Waals surface area contributed by atoms with Crippen LogP contribution in [0.25, 0.3) is 0 Å². The maximum Gasteiger partial charge on any atom is 0.317 e. The highest BCUT2D eigenvalue weighted by atomic mass is 16.4. The molecule has 2 aliphatic rings. The summed E-state index contributed by atoms with van der Waals surface area (Å²) in [6.45, 7) is 0.788. The quantitative estimate of drug-likeness (QED) is 0.802. The molecule has 0 aromatic heterocycles. The lowest BCUT2D eigenvalue weighted by atomic mass is 9.85. The average molecular weight is 254 g/mol. The predicted octanol–water partition coefficient (Wildman–Crippen LogP) is 1.68. The lowest BCUT2D eigenvalue weighted by Crippen LogP contribution is -2.47. The van der Waals surface area contributed by atoms with Gasteiger partial charge in [0.2, 0.25) is 0 Å². The van der Waals surface area contributed by atoms with Gasteiger partial charge in [0, 0.05) is 19.6 Å². The van der Waals surface area contributed by atoms with Gasteiger partial charge < -0.3 is 15.3 Å². The van der Waals surface area contributed by atoms with Crippen molar-refractivity contribution in [1.29, 1.82) is 0 Å². The van der Waals surface area contributed by atoms with E-state index in [1.54, 1.807) is 11.9 Å². The first-order valence-corrected chi connectivity index (χ1v) is 6.82. The highest BCUT2D eigenvalue weighted by molar-refractivity contribution is 5.77. The molecule has 0 aromatic carbocycles. The minimum Gasteiger partial charge on any atom is -0.481 e. The molecular formula is C13H22N2O3. The number of carboxylic acid groups (broad SMARTS) is 1. The van der Waals surface area contributed by atoms with Crippen LogP contribution in [0.15, 0.2) is 0 Å². The normalized spacial score (nSPS) is 27.6. The Morgan fingerprint density at radius 3 is 2.44 bits per heavy atom. The fourth-order valence-electron chi connectivity index (χ4n) is 2.84. The second-order valence-corrected chi connectivity index (χ2v) is 5.61. The maximum atomic E-state index is 12.0. The van der Waals surface area contributed by atoms with Gasteiger partial charge in [0.05, 0.1) is 5.92 Å². The Labute approximate surface area is 108 Å². The topological polar surface area (TPSA) is 69.6 Å². The zero-order valence-electron chi connectivity index (χ0n) is 10.9. The molecule has 2 amide bonds. The summed E-state index contributed by atoms with van der Waals surface area (Å²) in [5.74, 6) is -0.565. The minimum atomic E-state index is -0.792. The van der Waals surface area contributed by atoms with Crippen molar-refractivity contribution in [2.24, 2.45) is 11.8 Å². The number of carbonyl (C=O) groups excluding carboxylic acids is 1. The summed E-state index contributed by atoms with van der Waals surface area (Å²) in [5.41, 5.74) is 0. The van der Waals surface area contributed by atoms with Crippen molar-refractivity contribution in [3.05, 3.63) is 0 Å². The number of nitrogens with zero attached hydrogens (tertiary/aromatic N) is 1. The fourth-order valence-corrected chi connectivity index (χ4v) is 2.84. The monoisotopic (exact) mass is 254 g/mol. The van der Waals surface area contributed by atoms with Crippen LogP contribution < -0.4 is 5.32 Å². The minimum absolute atomic E-state index is 0.125. The lowest BCUT2D eigenvalue weighted by molar-refractivity contribution is -0.142. The molecule has 102 valence electrons. The van der Waals surface area contributed by atoms with Crippen LogP contribution in [0.5, 0.6) is 0 Å². The van der Waals surface area contributed by atoms with Crippen LogP contribution in [0.2, 0.25) is 0 Å². The first kappa shape index (κ1) is 13.2. The van der Waals surface area contributed by atoms with Crippen molar-refractivity contribution in [3.8, 4) is 0 Å². The van der Waals surface area contributed by atoms with Crippen LogP contribution in [-0.4, -0.2) is 41.6 Å². The molecule has 0 heterocycles. The summed E-state index contributed by atoms with van der Waals surface area (Å²) >= 11 is 0. The Morgan fingerprint density at radius 1 is 1.22 bits per heavy atom. The Morgan fingerprint density at radius 2 is 1.89 bits per heavy atom. The van der Waals surface area contributed by atoms with Crippen molar-refractivity contribution >= 4 is 12.0 Å². The number of amides is 2. The van der Waals surface area contributed by atoms with Gasteiger partial charge in [-0.15, -0.1) is 0 Å². The SMILES string of the molecule is CN(CC1CCC1)C(=O)NC1CCCC1C(=O)O. The van der Waals surface area contributed by atoms with Gasteiger partial charge in [0.15, 0.2) is 0 Å². The first-order valence-electron chi connectivity index (χ1n) is 6.82. The van der Waals surface area contributed by atoms with Crippen LogP contribution in [0.4, 0.5) is 4.79 Å². The number of urea groups is 1. The van der Waals surface area contributed by atoms with E-state index in [2.05, 4.69) is 5.32 Å². The number of aliphatic carboxylic acids is 1. The third-order valence-corrected chi connectivity index (χ3v) is 4.25. The van der Waals surface area contributed by atoms with Crippen LogP contribution in [0, 0.1) is 11.8 Å². The number of carbonyl (C=O) groups is 2. The van der Waals surface area contributed by atoms with Crippen molar-refractivity contribution < 1.29 is 14.7 Å². The molecule has 2 unspecified atom stereocenters. The zero-order valence-corrected chi connectivity index (χ0v) is 10.9. The molecule has 2 atom stereocenters. The van der Waals surface area contributed by atoms with E-state index < -0.39 is 11.9 Å². The Kier molecular flexibility index (Phi) is 4.09. The molecule has 5 nitrogen and oxygen atoms in total. The van der Waals surface area contributed by atoms with Crippen molar-refractivity contribution in [2.75, 3.05) is 13.6 Å². The Hall–Kier alpha value is -1.26. The zero-order chi connectivity index (χ0) is 13.1. The highest BCUT2D eigenvalue weighted by Crippen LogP contribution is 2.28. The van der Waals surface area contributed by atoms with Crippen molar-refractivity contribution in [1.82, 2.24) is 10.2 Å². The molecule has 2 rings (SSSR count). The first-order chi connectivity index (χ1) is 8.58. The van der Waals surface area contributed by atoms with Gasteiger partial charge in [-0.1, -0.05) is 12.8 Å². The van der Waals surface area contributed by atoms with Crippen LogP contribution in [0.1, 0.15) is 38.5 Å². The smallest absolute Gasteiger partial charge is 0.317 e. The van der Waals surface area contributed by atoms with E-state index in [0.717, 1.165) is 19.4 Å². The standard InChI is InChI=1S/C13H22N2O3/c1-15(8-9-4-2-5-9)13(18)14-11-7-3-6-10(11)12(16)17/h9-11H,2-8H2,1H3,(H,14,18)(H,16,17). The Balaban J connectivity index is 1.80. The van der Waals surface area contributed by atoms with E-state index in [1.165, 1.54) is 19.3 Å². The van der Waals surface area contributed by atoms with E-state index in [-0.39, 0.29) is 12.1 Å². The Bertz CT molecular complexity index is 328. The molecule has 0 aliphatic heterocycles. The summed E-state index contributed by atoms with van der Waals surface area (Å²) in [4.78, 5) is 24.7. The van der Waals surface area contributed by atoms with Crippen LogP contribution >= 0.6 is 0 Å². The number of rotatable bonds is 4. The summed E-state index contributed by atoms with van der Waals surface area (Å²) in [7, 11) is 1.79. The molecule has 0 saturated heterocycles. The molecule has 0 radical (unpaired) electrons. The number of nitrogens with one attached hydrogen (secondary N) is 1. The second kappa shape index (κ2) is 5.59. The fraction of sp³-hybridized carbons (Fsp3) is 0.846. The molecule has 5 heteroatoms. The average Bonchev–Trinajstić information content (AvgIpc) is 2.71. The van der Waals surface area contributed by atoms with E-state index in [0.29, 0.717) is 12.3 Å². The van der Waals surface area contributed by atoms with Crippen LogP contribution in [0.3, 0.4) is 0 Å². The molecule has 18 heavy (non-hydrogen) atoms. The van der Waals surface area contributed by atoms with Crippen molar-refractivity contribution in [2.45, 2.75) is 44.6 Å². The summed E-state index contributed by atoms with van der Waals surface area (Å²) in [5, 5.41) is 11.9. The van der Waals surface area contributed by atoms with Gasteiger partial charge in [0.25, 0.3) is 0 Å². The van der Waals surface area contributed by atoms with Gasteiger partial charge in [-0.25, -0.2) is 4.79 Å². The van der Waals surface area contributed by atoms with Crippen LogP contribution in [-0.2, 0) is 4.79 Å². The molecule has 0 bridgehead atoms. The van der Waals surface area contributed by atoms with E-state index in [9.17, 15) is 9.59 Å². The summed E-state index contributed by atoms with van der Waals surface area (Å²) in [6, 6.07) is -0.320. The van der Waals surface area contributed by atoms with Gasteiger partial charge >= 0.3 is 12.0 Å². The third-order valence-electron chi connectivity index (χ3n) is 4.25. The second-order valence-electron chi connectivity index (χ2n) is 5.61. The summed E-state index contributed by atoms with van der Waals surface area (Å²) in [6.07, 6.45) is 6.02. The van der Waals surface area contributed by atoms with Crippen molar-refractivity contribution in [3.63, 3.8) is 0 Å². The largest absolute Gasteiger partial charge is 0.481 e. The van der Waals surface area contributed by atoms with E-state index in [4.69, 9.17) is 5.11 Å². The van der Waals surface area contributed by atoms with Gasteiger partial charge in [0.1, 0.15) is 0 Å². The number of hydrogen-bond acceptors (Lipinski definition) is 2. The molecule has 0 spiro atoms. The maximum absolute atomic E-state index is 12.0. The molecule has 2 aliphatic carbocycles. The lowest BCUT2D eigenvalue weighted by Gasteiger charge is -2.31. The van der Waals surface area contributed by atoms with Gasteiger partial charge in [-0.05, 0) is 31.6 Å². The molecular weight excluding hydrogens is 232 g/mol. The van der Waals surface area contributed by atoms with E-state index in [1.807, 2.05) is 0 Å². The molecule has 2 saturated carbocycles. The molecule has 0 aromatic rings. The summed E-state index contributed by atoms with van der Waals surface area (Å²) < 4.78 is 0. The highest BCUT2D eigenvalue weighted by Gasteiger charge is 2.34. The van der Waals surface area contributed by atoms with Gasteiger partial charge in [-0.3, -0.25) is 4.79 Å². The molecule has 2 N–H and O–H groups in total. The van der Waals surface area contributed by atoms with Gasteiger partial charge in [-0.2, -0.15) is 0 Å².